The van der Waals surface area contributed by atoms with E-state index in [9.17, 15) is 0 Å². The van der Waals surface area contributed by atoms with Crippen LogP contribution in [0.1, 0.15) is 58.0 Å². The lowest BCUT2D eigenvalue weighted by atomic mass is 9.92. The maximum absolute atomic E-state index is 4.72. The summed E-state index contributed by atoms with van der Waals surface area (Å²) in [4.78, 5) is 0. The Balaban J connectivity index is 2.57. The summed E-state index contributed by atoms with van der Waals surface area (Å²) in [5.41, 5.74) is 4.33. The first-order valence-corrected chi connectivity index (χ1v) is 7.94. The summed E-state index contributed by atoms with van der Waals surface area (Å²) in [6, 6.07) is 0. The summed E-state index contributed by atoms with van der Waals surface area (Å²) < 4.78 is 2.19. The molecule has 116 valence electrons. The molecular weight excluding hydrogens is 246 g/mol. The zero-order chi connectivity index (χ0) is 15.3. The third kappa shape index (κ3) is 5.66. The van der Waals surface area contributed by atoms with Crippen molar-refractivity contribution in [1.82, 2.24) is 15.1 Å². The molecule has 0 amide bonds. The van der Waals surface area contributed by atoms with Crippen LogP contribution in [0.15, 0.2) is 0 Å². The molecule has 1 aromatic rings. The van der Waals surface area contributed by atoms with Crippen molar-refractivity contribution < 1.29 is 0 Å². The van der Waals surface area contributed by atoms with E-state index in [1.165, 1.54) is 23.4 Å². The number of aryl methyl sites for hydroxylation is 2. The zero-order valence-electron chi connectivity index (χ0n) is 14.5. The van der Waals surface area contributed by atoms with Crippen molar-refractivity contribution in [2.75, 3.05) is 13.1 Å². The minimum Gasteiger partial charge on any atom is -0.316 e. The van der Waals surface area contributed by atoms with Crippen LogP contribution in [0.4, 0.5) is 0 Å². The lowest BCUT2D eigenvalue weighted by molar-refractivity contribution is 0.338. The van der Waals surface area contributed by atoms with Crippen molar-refractivity contribution in [2.24, 2.45) is 11.3 Å². The summed E-state index contributed by atoms with van der Waals surface area (Å²) in [5, 5.41) is 8.23. The van der Waals surface area contributed by atoms with E-state index in [4.69, 9.17) is 5.10 Å². The van der Waals surface area contributed by atoms with Crippen LogP contribution in [0.5, 0.6) is 0 Å². The van der Waals surface area contributed by atoms with Crippen molar-refractivity contribution >= 4 is 0 Å². The summed E-state index contributed by atoms with van der Waals surface area (Å²) in [5.74, 6) is 0.715. The van der Waals surface area contributed by atoms with Crippen LogP contribution in [-0.4, -0.2) is 22.9 Å². The van der Waals surface area contributed by atoms with Gasteiger partial charge in [-0.15, -0.1) is 0 Å². The van der Waals surface area contributed by atoms with Crippen LogP contribution in [0.25, 0.3) is 0 Å². The molecule has 1 rings (SSSR count). The Morgan fingerprint density at radius 2 is 1.85 bits per heavy atom. The lowest BCUT2D eigenvalue weighted by Crippen LogP contribution is -2.22. The van der Waals surface area contributed by atoms with Gasteiger partial charge in [-0.2, -0.15) is 5.10 Å². The highest BCUT2D eigenvalue weighted by Crippen LogP contribution is 2.21. The monoisotopic (exact) mass is 279 g/mol. The molecule has 0 aliphatic carbocycles. The molecule has 1 heterocycles. The Morgan fingerprint density at radius 1 is 1.20 bits per heavy atom. The maximum atomic E-state index is 4.72. The molecule has 0 atom stereocenters. The normalized spacial score (nSPS) is 12.4. The van der Waals surface area contributed by atoms with Gasteiger partial charge in [0, 0.05) is 12.2 Å². The number of nitrogens with one attached hydrogen (secondary N) is 1. The largest absolute Gasteiger partial charge is 0.316 e. The van der Waals surface area contributed by atoms with Gasteiger partial charge >= 0.3 is 0 Å². The SMILES string of the molecule is Cc1nn(CCC(C)(C)C)c(C)c1CCNCC(C)C. The molecule has 0 fully saturated rings. The lowest BCUT2D eigenvalue weighted by Gasteiger charge is -2.18. The topological polar surface area (TPSA) is 29.9 Å². The third-order valence-corrected chi connectivity index (χ3v) is 3.71. The molecule has 3 nitrogen and oxygen atoms in total. The van der Waals surface area contributed by atoms with Crippen LogP contribution in [-0.2, 0) is 13.0 Å². The summed E-state index contributed by atoms with van der Waals surface area (Å²) in [6.07, 6.45) is 2.25. The van der Waals surface area contributed by atoms with Crippen LogP contribution < -0.4 is 5.32 Å². The van der Waals surface area contributed by atoms with E-state index in [2.05, 4.69) is 58.5 Å². The average molecular weight is 279 g/mol. The second-order valence-corrected chi connectivity index (χ2v) is 7.53. The van der Waals surface area contributed by atoms with Crippen molar-refractivity contribution in [1.29, 1.82) is 0 Å². The zero-order valence-corrected chi connectivity index (χ0v) is 14.5. The highest BCUT2D eigenvalue weighted by atomic mass is 15.3. The third-order valence-electron chi connectivity index (χ3n) is 3.71. The molecule has 3 heteroatoms. The molecule has 1 aromatic heterocycles. The van der Waals surface area contributed by atoms with Crippen LogP contribution >= 0.6 is 0 Å². The summed E-state index contributed by atoms with van der Waals surface area (Å²) in [7, 11) is 0. The Kier molecular flexibility index (Phi) is 6.25. The highest BCUT2D eigenvalue weighted by Gasteiger charge is 2.14. The molecule has 1 N–H and O–H groups in total. The van der Waals surface area contributed by atoms with Crippen LogP contribution in [0.3, 0.4) is 0 Å². The molecule has 0 radical (unpaired) electrons. The maximum Gasteiger partial charge on any atom is 0.0628 e. The van der Waals surface area contributed by atoms with Crippen LogP contribution in [0.2, 0.25) is 0 Å². The first kappa shape index (κ1) is 17.2. The first-order valence-electron chi connectivity index (χ1n) is 7.94. The van der Waals surface area contributed by atoms with E-state index >= 15 is 0 Å². The average Bonchev–Trinajstić information content (AvgIpc) is 2.57. The molecule has 0 saturated heterocycles. The molecule has 0 aliphatic rings. The van der Waals surface area contributed by atoms with E-state index in [0.717, 1.165) is 26.1 Å². The van der Waals surface area contributed by atoms with E-state index in [0.29, 0.717) is 11.3 Å². The standard InChI is InChI=1S/C17H33N3/c1-13(2)12-18-10-8-16-14(3)19-20(15(16)4)11-9-17(5,6)7/h13,18H,8-12H2,1-7H3. The van der Waals surface area contributed by atoms with Gasteiger partial charge in [0.25, 0.3) is 0 Å². The van der Waals surface area contributed by atoms with E-state index in [1.54, 1.807) is 0 Å². The van der Waals surface area contributed by atoms with Gasteiger partial charge in [-0.3, -0.25) is 4.68 Å². The Morgan fingerprint density at radius 3 is 2.40 bits per heavy atom. The fraction of sp³-hybridized carbons (Fsp3) is 0.824. The minimum atomic E-state index is 0.366. The summed E-state index contributed by atoms with van der Waals surface area (Å²) >= 11 is 0. The number of hydrogen-bond acceptors (Lipinski definition) is 2. The van der Waals surface area contributed by atoms with Crippen LogP contribution in [0, 0.1) is 25.2 Å². The molecule has 0 bridgehead atoms. The van der Waals surface area contributed by atoms with Crippen molar-refractivity contribution in [3.63, 3.8) is 0 Å². The van der Waals surface area contributed by atoms with Gasteiger partial charge in [0.05, 0.1) is 5.69 Å². The van der Waals surface area contributed by atoms with Crippen molar-refractivity contribution in [2.45, 2.75) is 67.9 Å². The van der Waals surface area contributed by atoms with E-state index in [-0.39, 0.29) is 0 Å². The number of hydrogen-bond donors (Lipinski definition) is 1. The first-order chi connectivity index (χ1) is 9.20. The second kappa shape index (κ2) is 7.26. The molecule has 0 unspecified atom stereocenters. The van der Waals surface area contributed by atoms with Gasteiger partial charge in [-0.25, -0.2) is 0 Å². The van der Waals surface area contributed by atoms with Gasteiger partial charge in [0.1, 0.15) is 0 Å². The molecule has 0 spiro atoms. The number of nitrogens with zero attached hydrogens (tertiary/aromatic N) is 2. The smallest absolute Gasteiger partial charge is 0.0628 e. The minimum absolute atomic E-state index is 0.366. The second-order valence-electron chi connectivity index (χ2n) is 7.53. The fourth-order valence-electron chi connectivity index (χ4n) is 2.36. The van der Waals surface area contributed by atoms with Crippen molar-refractivity contribution in [3.8, 4) is 0 Å². The quantitative estimate of drug-likeness (QED) is 0.771. The highest BCUT2D eigenvalue weighted by molar-refractivity contribution is 5.24. The van der Waals surface area contributed by atoms with Gasteiger partial charge in [0.2, 0.25) is 0 Å². The molecule has 0 aliphatic heterocycles. The van der Waals surface area contributed by atoms with Gasteiger partial charge in [-0.05, 0) is 56.7 Å². The molecule has 0 aromatic carbocycles. The molecule has 0 saturated carbocycles. The van der Waals surface area contributed by atoms with Crippen molar-refractivity contribution in [3.05, 3.63) is 17.0 Å². The molecular formula is C17H33N3. The van der Waals surface area contributed by atoms with Gasteiger partial charge < -0.3 is 5.32 Å². The van der Waals surface area contributed by atoms with Gasteiger partial charge in [-0.1, -0.05) is 34.6 Å². The predicted molar refractivity (Wildman–Crippen MR) is 87.2 cm³/mol. The number of rotatable bonds is 7. The van der Waals surface area contributed by atoms with E-state index < -0.39 is 0 Å². The Labute approximate surface area is 125 Å². The predicted octanol–water partition coefficient (Wildman–Crippen LogP) is 3.72. The number of aromatic nitrogens is 2. The Bertz CT molecular complexity index is 411. The summed E-state index contributed by atoms with van der Waals surface area (Å²) in [6.45, 7) is 18.9. The van der Waals surface area contributed by atoms with E-state index in [1.807, 2.05) is 0 Å². The molecule has 20 heavy (non-hydrogen) atoms. The van der Waals surface area contributed by atoms with Gasteiger partial charge in [0.15, 0.2) is 0 Å². The Hall–Kier alpha value is -0.830. The fourth-order valence-corrected chi connectivity index (χ4v) is 2.36.